The Labute approximate surface area is 127 Å². The molecule has 1 atom stereocenters. The van der Waals surface area contributed by atoms with Gasteiger partial charge in [-0.3, -0.25) is 0 Å². The van der Waals surface area contributed by atoms with Crippen molar-refractivity contribution in [1.82, 2.24) is 9.97 Å². The second-order valence-corrected chi connectivity index (χ2v) is 5.69. The minimum Gasteiger partial charge on any atom is -0.370 e. The Hall–Kier alpha value is -1.18. The highest BCUT2D eigenvalue weighted by Gasteiger charge is 2.36. The summed E-state index contributed by atoms with van der Waals surface area (Å²) >= 11 is 1.71. The van der Waals surface area contributed by atoms with Crippen LogP contribution < -0.4 is 10.2 Å². The van der Waals surface area contributed by atoms with Crippen molar-refractivity contribution < 1.29 is 13.2 Å². The fourth-order valence-corrected chi connectivity index (χ4v) is 2.30. The molecule has 0 saturated carbocycles. The molecule has 0 bridgehead atoms. The molecule has 0 spiro atoms. The molecule has 1 rings (SSSR count). The van der Waals surface area contributed by atoms with Crippen molar-refractivity contribution in [1.29, 1.82) is 0 Å². The molecule has 0 amide bonds. The summed E-state index contributed by atoms with van der Waals surface area (Å²) in [5.74, 6) is 0.309. The van der Waals surface area contributed by atoms with Crippen LogP contribution in [0.2, 0.25) is 0 Å². The number of thioether (sulfide) groups is 1. The number of hydrogen-bond donors (Lipinski definition) is 1. The largest absolute Gasteiger partial charge is 0.451 e. The molecular weight excluding hydrogens is 301 g/mol. The van der Waals surface area contributed by atoms with E-state index >= 15 is 0 Å². The van der Waals surface area contributed by atoms with Crippen LogP contribution in [0.5, 0.6) is 0 Å². The zero-order chi connectivity index (χ0) is 16.0. The lowest BCUT2D eigenvalue weighted by atomic mass is 10.2. The lowest BCUT2D eigenvalue weighted by Gasteiger charge is -2.26. The minimum atomic E-state index is -4.55. The van der Waals surface area contributed by atoms with Gasteiger partial charge in [0.2, 0.25) is 5.82 Å². The van der Waals surface area contributed by atoms with Gasteiger partial charge < -0.3 is 10.2 Å². The van der Waals surface area contributed by atoms with Gasteiger partial charge >= 0.3 is 6.18 Å². The first-order valence-corrected chi connectivity index (χ1v) is 8.10. The summed E-state index contributed by atoms with van der Waals surface area (Å²) < 4.78 is 38.6. The van der Waals surface area contributed by atoms with Gasteiger partial charge in [-0.05, 0) is 32.3 Å². The van der Waals surface area contributed by atoms with E-state index in [0.717, 1.165) is 12.2 Å². The minimum absolute atomic E-state index is 0.0999. The molecule has 0 radical (unpaired) electrons. The van der Waals surface area contributed by atoms with Gasteiger partial charge in [0, 0.05) is 25.7 Å². The van der Waals surface area contributed by atoms with E-state index in [1.165, 1.54) is 0 Å². The Kier molecular flexibility index (Phi) is 6.57. The number of aromatic nitrogens is 2. The van der Waals surface area contributed by atoms with Gasteiger partial charge in [-0.15, -0.1) is 0 Å². The molecule has 0 aliphatic heterocycles. The molecule has 1 unspecified atom stereocenters. The van der Waals surface area contributed by atoms with Crippen LogP contribution in [0.1, 0.15) is 26.1 Å². The topological polar surface area (TPSA) is 41.0 Å². The third-order valence-electron chi connectivity index (χ3n) is 3.09. The van der Waals surface area contributed by atoms with Crippen molar-refractivity contribution in [2.24, 2.45) is 0 Å². The average Bonchev–Trinajstić information content (AvgIpc) is 2.43. The van der Waals surface area contributed by atoms with Gasteiger partial charge in [-0.1, -0.05) is 0 Å². The van der Waals surface area contributed by atoms with Crippen molar-refractivity contribution in [2.75, 3.05) is 35.8 Å². The van der Waals surface area contributed by atoms with Gasteiger partial charge in [-0.2, -0.15) is 24.9 Å². The van der Waals surface area contributed by atoms with Crippen LogP contribution in [0.4, 0.5) is 24.8 Å². The predicted octanol–water partition coefficient (Wildman–Crippen LogP) is 3.51. The number of nitrogens with one attached hydrogen (secondary N) is 1. The monoisotopic (exact) mass is 322 g/mol. The van der Waals surface area contributed by atoms with Crippen LogP contribution in [-0.4, -0.2) is 41.6 Å². The lowest BCUT2D eigenvalue weighted by molar-refractivity contribution is -0.144. The maximum Gasteiger partial charge on any atom is 0.451 e. The number of halogens is 3. The van der Waals surface area contributed by atoms with Gasteiger partial charge in [-0.25, -0.2) is 9.97 Å². The van der Waals surface area contributed by atoms with E-state index in [4.69, 9.17) is 0 Å². The Morgan fingerprint density at radius 1 is 1.38 bits per heavy atom. The SMILES string of the molecule is CCNc1cc(N(C)C(C)CCSC)nc(C(F)(F)F)n1. The predicted molar refractivity (Wildman–Crippen MR) is 82.1 cm³/mol. The normalized spacial score (nSPS) is 13.1. The zero-order valence-electron chi connectivity index (χ0n) is 12.7. The van der Waals surface area contributed by atoms with E-state index in [-0.39, 0.29) is 17.7 Å². The summed E-state index contributed by atoms with van der Waals surface area (Å²) in [7, 11) is 1.75. The number of alkyl halides is 3. The summed E-state index contributed by atoms with van der Waals surface area (Å²) in [6, 6.07) is 1.65. The number of hydrogen-bond acceptors (Lipinski definition) is 5. The Balaban J connectivity index is 3.07. The number of rotatable bonds is 7. The van der Waals surface area contributed by atoms with Crippen LogP contribution in [-0.2, 0) is 6.18 Å². The summed E-state index contributed by atoms with van der Waals surface area (Å²) in [5, 5.41) is 2.82. The molecule has 1 aromatic heterocycles. The third-order valence-corrected chi connectivity index (χ3v) is 3.73. The molecule has 1 N–H and O–H groups in total. The van der Waals surface area contributed by atoms with Crippen LogP contribution in [0, 0.1) is 0 Å². The van der Waals surface area contributed by atoms with Gasteiger partial charge in [0.25, 0.3) is 0 Å². The van der Waals surface area contributed by atoms with Crippen molar-refractivity contribution >= 4 is 23.4 Å². The highest BCUT2D eigenvalue weighted by Crippen LogP contribution is 2.29. The fourth-order valence-electron chi connectivity index (χ4n) is 1.72. The molecule has 1 aromatic rings. The van der Waals surface area contributed by atoms with Crippen molar-refractivity contribution in [3.05, 3.63) is 11.9 Å². The van der Waals surface area contributed by atoms with E-state index in [2.05, 4.69) is 15.3 Å². The fraction of sp³-hybridized carbons (Fsp3) is 0.692. The van der Waals surface area contributed by atoms with Crippen molar-refractivity contribution in [3.8, 4) is 0 Å². The highest BCUT2D eigenvalue weighted by atomic mass is 32.2. The molecule has 8 heteroatoms. The van der Waals surface area contributed by atoms with Crippen molar-refractivity contribution in [3.63, 3.8) is 0 Å². The maximum absolute atomic E-state index is 12.9. The van der Waals surface area contributed by atoms with Gasteiger partial charge in [0.1, 0.15) is 11.6 Å². The average molecular weight is 322 g/mol. The summed E-state index contributed by atoms with van der Waals surface area (Å²) in [4.78, 5) is 8.94. The Morgan fingerprint density at radius 2 is 2.05 bits per heavy atom. The molecule has 0 fully saturated rings. The summed E-state index contributed by atoms with van der Waals surface area (Å²) in [5.41, 5.74) is 0. The van der Waals surface area contributed by atoms with E-state index in [1.807, 2.05) is 13.2 Å². The van der Waals surface area contributed by atoms with Gasteiger partial charge in [0.05, 0.1) is 0 Å². The lowest BCUT2D eigenvalue weighted by Crippen LogP contribution is -2.31. The summed E-state index contributed by atoms with van der Waals surface area (Å²) in [6.45, 7) is 4.28. The molecule has 21 heavy (non-hydrogen) atoms. The Morgan fingerprint density at radius 3 is 2.57 bits per heavy atom. The van der Waals surface area contributed by atoms with E-state index in [1.54, 1.807) is 36.7 Å². The maximum atomic E-state index is 12.9. The third kappa shape index (κ3) is 5.26. The first-order valence-electron chi connectivity index (χ1n) is 6.71. The van der Waals surface area contributed by atoms with E-state index < -0.39 is 12.0 Å². The standard InChI is InChI=1S/C13H21F3N4S/c1-5-17-10-8-11(19-12(18-10)13(14,15)16)20(3)9(2)6-7-21-4/h8-9H,5-7H2,1-4H3,(H,17,18,19). The van der Waals surface area contributed by atoms with Crippen molar-refractivity contribution in [2.45, 2.75) is 32.5 Å². The second-order valence-electron chi connectivity index (χ2n) is 4.70. The van der Waals surface area contributed by atoms with Crippen LogP contribution in [0.25, 0.3) is 0 Å². The van der Waals surface area contributed by atoms with Crippen LogP contribution >= 0.6 is 11.8 Å². The summed E-state index contributed by atoms with van der Waals surface area (Å²) in [6.07, 6.45) is -1.68. The first-order chi connectivity index (χ1) is 9.79. The second kappa shape index (κ2) is 7.72. The smallest absolute Gasteiger partial charge is 0.370 e. The van der Waals surface area contributed by atoms with E-state index in [0.29, 0.717) is 6.54 Å². The molecule has 120 valence electrons. The zero-order valence-corrected chi connectivity index (χ0v) is 13.5. The number of anilines is 2. The molecule has 4 nitrogen and oxygen atoms in total. The highest BCUT2D eigenvalue weighted by molar-refractivity contribution is 7.98. The Bertz CT molecular complexity index is 454. The molecule has 0 aliphatic rings. The molecule has 0 aromatic carbocycles. The molecule has 0 saturated heterocycles. The van der Waals surface area contributed by atoms with E-state index in [9.17, 15) is 13.2 Å². The van der Waals surface area contributed by atoms with Crippen LogP contribution in [0.15, 0.2) is 6.07 Å². The first kappa shape index (κ1) is 17.9. The van der Waals surface area contributed by atoms with Gasteiger partial charge in [0.15, 0.2) is 0 Å². The number of nitrogens with zero attached hydrogens (tertiary/aromatic N) is 3. The molecule has 0 aliphatic carbocycles. The molecule has 1 heterocycles. The quantitative estimate of drug-likeness (QED) is 0.832. The molecular formula is C13H21F3N4S. The van der Waals surface area contributed by atoms with Crippen LogP contribution in [0.3, 0.4) is 0 Å².